The number of ketones is 1. The summed E-state index contributed by atoms with van der Waals surface area (Å²) in [6, 6.07) is 9.67. The zero-order valence-electron chi connectivity index (χ0n) is 17.0. The van der Waals surface area contributed by atoms with Crippen molar-refractivity contribution in [3.8, 4) is 0 Å². The van der Waals surface area contributed by atoms with Gasteiger partial charge in [-0.1, -0.05) is 17.7 Å². The molecule has 1 fully saturated rings. The third-order valence-corrected chi connectivity index (χ3v) is 4.96. The quantitative estimate of drug-likeness (QED) is 0.633. The van der Waals surface area contributed by atoms with Gasteiger partial charge in [0, 0.05) is 35.6 Å². The summed E-state index contributed by atoms with van der Waals surface area (Å²) in [5.41, 5.74) is 1.24. The summed E-state index contributed by atoms with van der Waals surface area (Å²) in [7, 11) is 0. The van der Waals surface area contributed by atoms with Crippen molar-refractivity contribution in [2.24, 2.45) is 0 Å². The summed E-state index contributed by atoms with van der Waals surface area (Å²) in [5, 5.41) is 2.33. The van der Waals surface area contributed by atoms with Crippen LogP contribution in [0.3, 0.4) is 0 Å². The van der Waals surface area contributed by atoms with Crippen LogP contribution >= 0.6 is 11.6 Å². The van der Waals surface area contributed by atoms with Crippen molar-refractivity contribution in [2.45, 2.75) is 13.0 Å². The van der Waals surface area contributed by atoms with Crippen LogP contribution in [0.1, 0.15) is 16.1 Å². The number of ether oxygens (including phenoxy) is 1. The zero-order valence-corrected chi connectivity index (χ0v) is 17.7. The number of rotatable bonds is 7. The number of alkyl halides is 2. The fourth-order valence-electron chi connectivity index (χ4n) is 3.03. The molecule has 0 radical (unpaired) electrons. The highest BCUT2D eigenvalue weighted by Gasteiger charge is 2.25. The lowest BCUT2D eigenvalue weighted by Gasteiger charge is -2.33. The molecule has 1 aliphatic rings. The Balaban J connectivity index is 1.73. The van der Waals surface area contributed by atoms with Crippen LogP contribution in [0.15, 0.2) is 42.6 Å². The molecule has 0 unspecified atom stereocenters. The Bertz CT molecular complexity index is 969. The van der Waals surface area contributed by atoms with E-state index in [1.165, 1.54) is 17.2 Å². The maximum Gasteiger partial charge on any atom is 0.325 e. The zero-order chi connectivity index (χ0) is 23.1. The van der Waals surface area contributed by atoms with Gasteiger partial charge in [-0.25, -0.2) is 4.79 Å². The predicted molar refractivity (Wildman–Crippen MR) is 113 cm³/mol. The Kier molecular flexibility index (Phi) is 8.07. The van der Waals surface area contributed by atoms with Crippen molar-refractivity contribution >= 4 is 35.0 Å². The van der Waals surface area contributed by atoms with E-state index in [1.807, 2.05) is 5.32 Å². The van der Waals surface area contributed by atoms with Crippen molar-refractivity contribution in [3.05, 3.63) is 58.9 Å². The van der Waals surface area contributed by atoms with Crippen LogP contribution < -0.4 is 10.2 Å². The minimum atomic E-state index is -3.19. The van der Waals surface area contributed by atoms with Gasteiger partial charge in [0.25, 0.3) is 5.91 Å². The number of urea groups is 1. The van der Waals surface area contributed by atoms with Gasteiger partial charge in [-0.05, 0) is 30.3 Å². The summed E-state index contributed by atoms with van der Waals surface area (Å²) in [6.07, 6.45) is -1.91. The molecule has 2 heterocycles. The monoisotopic (exact) mass is 466 g/mol. The average molecular weight is 467 g/mol. The molecule has 0 aliphatic carbocycles. The standard InChI is InChI=1S/C21H21ClF2N4O4/c22-15-2-1-3-17(10-15)28(21(31)27-6-8-32-9-7-27)13-16-5-4-14(11-25-16)18(29)12-26-20(30)19(23)24/h1-5,10-11,19H,6-9,12-13H2,(H,26,30). The number of nitrogens with one attached hydrogen (secondary N) is 1. The first kappa shape index (κ1) is 23.6. The molecule has 1 aromatic heterocycles. The Hall–Kier alpha value is -3.11. The van der Waals surface area contributed by atoms with E-state index in [9.17, 15) is 23.2 Å². The Morgan fingerprint density at radius 3 is 2.56 bits per heavy atom. The van der Waals surface area contributed by atoms with Crippen molar-refractivity contribution in [1.82, 2.24) is 15.2 Å². The number of pyridine rings is 1. The topological polar surface area (TPSA) is 91.8 Å². The van der Waals surface area contributed by atoms with E-state index in [0.29, 0.717) is 42.7 Å². The molecule has 170 valence electrons. The number of hydrogen-bond acceptors (Lipinski definition) is 5. The molecule has 3 amide bonds. The maximum absolute atomic E-state index is 13.2. The van der Waals surface area contributed by atoms with Gasteiger partial charge in [-0.3, -0.25) is 19.5 Å². The molecule has 3 rings (SSSR count). The highest BCUT2D eigenvalue weighted by Crippen LogP contribution is 2.23. The van der Waals surface area contributed by atoms with Gasteiger partial charge >= 0.3 is 12.5 Å². The van der Waals surface area contributed by atoms with Gasteiger partial charge < -0.3 is 15.0 Å². The SMILES string of the molecule is O=C(CNC(=O)C(F)F)c1ccc(CN(C(=O)N2CCOCC2)c2cccc(Cl)c2)nc1. The number of benzene rings is 1. The van der Waals surface area contributed by atoms with Crippen LogP contribution in [-0.4, -0.2) is 66.9 Å². The second-order valence-electron chi connectivity index (χ2n) is 6.93. The minimum absolute atomic E-state index is 0.118. The first-order chi connectivity index (χ1) is 15.3. The van der Waals surface area contributed by atoms with E-state index in [-0.39, 0.29) is 18.1 Å². The molecular formula is C21H21ClF2N4O4. The van der Waals surface area contributed by atoms with E-state index >= 15 is 0 Å². The molecule has 2 aromatic rings. The van der Waals surface area contributed by atoms with Crippen LogP contribution in [-0.2, 0) is 16.1 Å². The van der Waals surface area contributed by atoms with E-state index in [4.69, 9.17) is 16.3 Å². The summed E-state index contributed by atoms with van der Waals surface area (Å²) < 4.78 is 29.8. The summed E-state index contributed by atoms with van der Waals surface area (Å²) in [6.45, 7) is 1.38. The minimum Gasteiger partial charge on any atom is -0.378 e. The normalized spacial score (nSPS) is 13.7. The smallest absolute Gasteiger partial charge is 0.325 e. The fourth-order valence-corrected chi connectivity index (χ4v) is 3.21. The molecule has 1 aliphatic heterocycles. The number of amides is 3. The fraction of sp³-hybridized carbons (Fsp3) is 0.333. The van der Waals surface area contributed by atoms with Gasteiger partial charge in [0.15, 0.2) is 5.78 Å². The summed E-state index contributed by atoms with van der Waals surface area (Å²) in [4.78, 5) is 43.6. The van der Waals surface area contributed by atoms with Crippen LogP contribution in [0, 0.1) is 0 Å². The second-order valence-corrected chi connectivity index (χ2v) is 7.36. The first-order valence-electron chi connectivity index (χ1n) is 9.79. The number of nitrogens with zero attached hydrogens (tertiary/aromatic N) is 3. The lowest BCUT2D eigenvalue weighted by molar-refractivity contribution is -0.131. The van der Waals surface area contributed by atoms with E-state index in [0.717, 1.165) is 0 Å². The van der Waals surface area contributed by atoms with E-state index < -0.39 is 24.7 Å². The molecule has 0 spiro atoms. The highest BCUT2D eigenvalue weighted by molar-refractivity contribution is 6.30. The molecule has 0 bridgehead atoms. The highest BCUT2D eigenvalue weighted by atomic mass is 35.5. The largest absolute Gasteiger partial charge is 0.378 e. The van der Waals surface area contributed by atoms with E-state index in [2.05, 4.69) is 4.98 Å². The number of halogens is 3. The Morgan fingerprint density at radius 2 is 1.94 bits per heavy atom. The molecule has 0 atom stereocenters. The Morgan fingerprint density at radius 1 is 1.19 bits per heavy atom. The Labute approximate surface area is 188 Å². The second kappa shape index (κ2) is 11.0. The molecule has 1 N–H and O–H groups in total. The lowest BCUT2D eigenvalue weighted by atomic mass is 10.1. The van der Waals surface area contributed by atoms with E-state index in [1.54, 1.807) is 35.2 Å². The van der Waals surface area contributed by atoms with Gasteiger partial charge in [-0.2, -0.15) is 8.78 Å². The third kappa shape index (κ3) is 6.21. The summed E-state index contributed by atoms with van der Waals surface area (Å²) in [5.74, 6) is -2.07. The van der Waals surface area contributed by atoms with Crippen molar-refractivity contribution in [3.63, 3.8) is 0 Å². The predicted octanol–water partition coefficient (Wildman–Crippen LogP) is 2.76. The van der Waals surface area contributed by atoms with Crippen LogP contribution in [0.2, 0.25) is 5.02 Å². The first-order valence-corrected chi connectivity index (χ1v) is 10.2. The number of carbonyl (C=O) groups excluding carboxylic acids is 3. The number of morpholine rings is 1. The van der Waals surface area contributed by atoms with Crippen LogP contribution in [0.4, 0.5) is 19.3 Å². The average Bonchev–Trinajstić information content (AvgIpc) is 2.81. The molecule has 8 nitrogen and oxygen atoms in total. The van der Waals surface area contributed by atoms with Gasteiger partial charge in [0.05, 0.1) is 32.0 Å². The number of anilines is 1. The molecular weight excluding hydrogens is 446 g/mol. The molecule has 1 aromatic carbocycles. The molecule has 1 saturated heterocycles. The molecule has 0 saturated carbocycles. The number of hydrogen-bond donors (Lipinski definition) is 1. The molecule has 11 heteroatoms. The number of Topliss-reactive ketones (excluding diaryl/α,β-unsaturated/α-hetero) is 1. The lowest BCUT2D eigenvalue weighted by Crippen LogP contribution is -2.48. The number of aromatic nitrogens is 1. The van der Waals surface area contributed by atoms with Gasteiger partial charge in [0.2, 0.25) is 0 Å². The van der Waals surface area contributed by atoms with Gasteiger partial charge in [0.1, 0.15) is 0 Å². The van der Waals surface area contributed by atoms with Crippen LogP contribution in [0.25, 0.3) is 0 Å². The maximum atomic E-state index is 13.2. The third-order valence-electron chi connectivity index (χ3n) is 4.72. The van der Waals surface area contributed by atoms with Gasteiger partial charge in [-0.15, -0.1) is 0 Å². The summed E-state index contributed by atoms with van der Waals surface area (Å²) >= 11 is 6.11. The van der Waals surface area contributed by atoms with Crippen molar-refractivity contribution in [1.29, 1.82) is 0 Å². The van der Waals surface area contributed by atoms with Crippen LogP contribution in [0.5, 0.6) is 0 Å². The van der Waals surface area contributed by atoms with Crippen molar-refractivity contribution in [2.75, 3.05) is 37.7 Å². The van der Waals surface area contributed by atoms with Crippen molar-refractivity contribution < 1.29 is 27.9 Å². The number of carbonyl (C=O) groups is 3. The molecule has 32 heavy (non-hydrogen) atoms.